The van der Waals surface area contributed by atoms with Gasteiger partial charge in [0.2, 0.25) is 10.0 Å². The Bertz CT molecular complexity index is 493. The second-order valence-electron chi connectivity index (χ2n) is 4.58. The minimum atomic E-state index is -3.12. The van der Waals surface area contributed by atoms with Gasteiger partial charge in [-0.3, -0.25) is 9.88 Å². The average molecular weight is 301 g/mol. The smallest absolute Gasteiger partial charge is 0.215 e. The second kappa shape index (κ2) is 6.69. The van der Waals surface area contributed by atoms with Crippen LogP contribution in [-0.4, -0.2) is 60.3 Å². The van der Waals surface area contributed by atoms with Crippen LogP contribution in [-0.2, 0) is 16.6 Å². The fraction of sp³-hybridized carbons (Fsp3) is 0.583. The molecule has 0 amide bonds. The van der Waals surface area contributed by atoms with Crippen molar-refractivity contribution in [2.24, 2.45) is 0 Å². The number of hydrogen-bond acceptors (Lipinski definition) is 5. The van der Waals surface area contributed by atoms with E-state index in [1.54, 1.807) is 10.5 Å². The van der Waals surface area contributed by atoms with Crippen molar-refractivity contribution in [1.29, 1.82) is 0 Å². The van der Waals surface area contributed by atoms with Gasteiger partial charge in [-0.05, 0) is 11.6 Å². The molecule has 0 radical (unpaired) electrons. The third kappa shape index (κ3) is 4.17. The van der Waals surface area contributed by atoms with Gasteiger partial charge < -0.3 is 0 Å². The molecule has 2 rings (SSSR count). The van der Waals surface area contributed by atoms with Crippen molar-refractivity contribution < 1.29 is 8.42 Å². The van der Waals surface area contributed by atoms with Crippen LogP contribution in [0.1, 0.15) is 5.56 Å². The summed E-state index contributed by atoms with van der Waals surface area (Å²) in [6.07, 6.45) is 3.57. The Hall–Kier alpha value is -0.630. The van der Waals surface area contributed by atoms with Crippen LogP contribution in [0.4, 0.5) is 0 Å². The van der Waals surface area contributed by atoms with Crippen molar-refractivity contribution in [2.75, 3.05) is 37.7 Å². The van der Waals surface area contributed by atoms with Gasteiger partial charge in [-0.25, -0.2) is 8.42 Å². The fourth-order valence-electron chi connectivity index (χ4n) is 2.15. The molecule has 0 aromatic carbocycles. The molecular weight excluding hydrogens is 282 g/mol. The van der Waals surface area contributed by atoms with E-state index in [1.165, 1.54) is 0 Å². The van der Waals surface area contributed by atoms with Gasteiger partial charge in [-0.15, -0.1) is 0 Å². The molecule has 0 aliphatic carbocycles. The van der Waals surface area contributed by atoms with Gasteiger partial charge in [0.15, 0.2) is 0 Å². The molecule has 1 aromatic heterocycles. The van der Waals surface area contributed by atoms with Gasteiger partial charge in [0.05, 0.1) is 5.75 Å². The maximum Gasteiger partial charge on any atom is 0.215 e. The van der Waals surface area contributed by atoms with Crippen LogP contribution in [0.2, 0.25) is 0 Å². The summed E-state index contributed by atoms with van der Waals surface area (Å²) in [5, 5.41) is 0. The zero-order valence-corrected chi connectivity index (χ0v) is 12.5. The van der Waals surface area contributed by atoms with Crippen LogP contribution < -0.4 is 0 Å². The minimum Gasteiger partial charge on any atom is -0.297 e. The van der Waals surface area contributed by atoms with Crippen molar-refractivity contribution in [3.8, 4) is 0 Å². The molecule has 1 saturated heterocycles. The van der Waals surface area contributed by atoms with E-state index < -0.39 is 10.0 Å². The lowest BCUT2D eigenvalue weighted by molar-refractivity contribution is 0.271. The molecule has 0 saturated carbocycles. The maximum atomic E-state index is 12.0. The molecule has 0 unspecified atom stereocenters. The second-order valence-corrected chi connectivity index (χ2v) is 7.11. The van der Waals surface area contributed by atoms with E-state index >= 15 is 0 Å². The topological polar surface area (TPSA) is 53.5 Å². The highest BCUT2D eigenvalue weighted by molar-refractivity contribution is 7.89. The number of pyridine rings is 1. The summed E-state index contributed by atoms with van der Waals surface area (Å²) in [7, 11) is -3.12. The molecule has 106 valence electrons. The summed E-state index contributed by atoms with van der Waals surface area (Å²) in [5.74, 6) is 0.739. The Morgan fingerprint density at radius 2 is 2.16 bits per heavy atom. The zero-order chi connectivity index (χ0) is 13.7. The van der Waals surface area contributed by atoms with Crippen molar-refractivity contribution in [3.63, 3.8) is 0 Å². The first-order chi connectivity index (χ1) is 9.12. The predicted molar refractivity (Wildman–Crippen MR) is 78.7 cm³/mol. The Morgan fingerprint density at radius 3 is 2.84 bits per heavy atom. The Balaban J connectivity index is 2.00. The quantitative estimate of drug-likeness (QED) is 0.821. The van der Waals surface area contributed by atoms with Crippen molar-refractivity contribution in [3.05, 3.63) is 30.1 Å². The van der Waals surface area contributed by atoms with Crippen molar-refractivity contribution in [1.82, 2.24) is 14.2 Å². The molecule has 2 heterocycles. The largest absolute Gasteiger partial charge is 0.297 e. The van der Waals surface area contributed by atoms with E-state index in [0.717, 1.165) is 18.7 Å². The van der Waals surface area contributed by atoms with Crippen LogP contribution in [0.3, 0.4) is 0 Å². The molecule has 1 aromatic rings. The number of rotatable bonds is 4. The van der Waals surface area contributed by atoms with Crippen LogP contribution in [0.25, 0.3) is 0 Å². The number of aromatic nitrogens is 1. The molecule has 1 aliphatic rings. The van der Waals surface area contributed by atoms with Crippen LogP contribution >= 0.6 is 12.6 Å². The third-order valence-corrected chi connectivity index (χ3v) is 5.25. The summed E-state index contributed by atoms with van der Waals surface area (Å²) in [6.45, 7) is 3.11. The summed E-state index contributed by atoms with van der Waals surface area (Å²) in [5.41, 5.74) is 1.11. The van der Waals surface area contributed by atoms with Gasteiger partial charge in [0.25, 0.3) is 0 Å². The van der Waals surface area contributed by atoms with Gasteiger partial charge in [0, 0.05) is 50.9 Å². The molecule has 19 heavy (non-hydrogen) atoms. The van der Waals surface area contributed by atoms with Crippen molar-refractivity contribution >= 4 is 22.7 Å². The number of nitrogens with zero attached hydrogens (tertiary/aromatic N) is 3. The molecule has 7 heteroatoms. The number of hydrogen-bond donors (Lipinski definition) is 1. The van der Waals surface area contributed by atoms with E-state index in [1.807, 2.05) is 18.3 Å². The Kier molecular flexibility index (Phi) is 5.20. The van der Waals surface area contributed by atoms with Crippen molar-refractivity contribution in [2.45, 2.75) is 6.54 Å². The third-order valence-electron chi connectivity index (χ3n) is 3.20. The van der Waals surface area contributed by atoms with Crippen LogP contribution in [0.15, 0.2) is 24.5 Å². The molecule has 0 bridgehead atoms. The lowest BCUT2D eigenvalue weighted by Gasteiger charge is -2.20. The molecule has 0 atom stereocenters. The molecule has 1 fully saturated rings. The van der Waals surface area contributed by atoms with Gasteiger partial charge in [0.1, 0.15) is 0 Å². The van der Waals surface area contributed by atoms with E-state index in [0.29, 0.717) is 25.4 Å². The summed E-state index contributed by atoms with van der Waals surface area (Å²) in [4.78, 5) is 6.24. The van der Waals surface area contributed by atoms with Crippen LogP contribution in [0.5, 0.6) is 0 Å². The standard InChI is InChI=1S/C12H19N3O2S2/c16-19(17)9-7-14(4-5-15(19)6-8-18)11-12-2-1-3-13-10-12/h1-3,10,18H,4-9,11H2. The highest BCUT2D eigenvalue weighted by Crippen LogP contribution is 2.11. The zero-order valence-electron chi connectivity index (χ0n) is 10.8. The molecular formula is C12H19N3O2S2. The minimum absolute atomic E-state index is 0.182. The van der Waals surface area contributed by atoms with E-state index in [4.69, 9.17) is 0 Å². The average Bonchev–Trinajstić information content (AvgIpc) is 2.53. The summed E-state index contributed by atoms with van der Waals surface area (Å²) >= 11 is 4.12. The lowest BCUT2D eigenvalue weighted by Crippen LogP contribution is -2.35. The lowest BCUT2D eigenvalue weighted by atomic mass is 10.2. The normalized spacial score (nSPS) is 21.1. The van der Waals surface area contributed by atoms with Crippen LogP contribution in [0, 0.1) is 0 Å². The Labute approximate surface area is 120 Å². The molecule has 1 aliphatic heterocycles. The first-order valence-corrected chi connectivity index (χ1v) is 8.56. The van der Waals surface area contributed by atoms with Gasteiger partial charge in [-0.2, -0.15) is 16.9 Å². The van der Waals surface area contributed by atoms with E-state index in [2.05, 4.69) is 22.5 Å². The maximum absolute atomic E-state index is 12.0. The first-order valence-electron chi connectivity index (χ1n) is 6.32. The summed E-state index contributed by atoms with van der Waals surface area (Å²) < 4.78 is 25.6. The number of sulfonamides is 1. The monoisotopic (exact) mass is 301 g/mol. The molecule has 0 spiro atoms. The first kappa shape index (κ1) is 14.8. The van der Waals surface area contributed by atoms with E-state index in [9.17, 15) is 8.42 Å². The van der Waals surface area contributed by atoms with Gasteiger partial charge >= 0.3 is 0 Å². The number of thiol groups is 1. The van der Waals surface area contributed by atoms with E-state index in [-0.39, 0.29) is 5.75 Å². The Morgan fingerprint density at radius 1 is 1.32 bits per heavy atom. The molecule has 0 N–H and O–H groups in total. The molecule has 5 nitrogen and oxygen atoms in total. The predicted octanol–water partition coefficient (Wildman–Crippen LogP) is 0.459. The fourth-order valence-corrected chi connectivity index (χ4v) is 4.00. The van der Waals surface area contributed by atoms with Gasteiger partial charge in [-0.1, -0.05) is 6.07 Å². The highest BCUT2D eigenvalue weighted by Gasteiger charge is 2.26. The summed E-state index contributed by atoms with van der Waals surface area (Å²) in [6, 6.07) is 3.91. The SMILES string of the molecule is O=S1(=O)CCN(Cc2cccnc2)CCN1CCS. The highest BCUT2D eigenvalue weighted by atomic mass is 32.2.